The van der Waals surface area contributed by atoms with Gasteiger partial charge in [-0.1, -0.05) is 20.8 Å². The van der Waals surface area contributed by atoms with E-state index in [4.69, 9.17) is 4.74 Å². The number of rotatable bonds is 4. The number of carbonyl (C=O) groups is 2. The van der Waals surface area contributed by atoms with Crippen LogP contribution in [0.5, 0.6) is 0 Å². The van der Waals surface area contributed by atoms with Crippen molar-refractivity contribution in [1.82, 2.24) is 15.5 Å². The van der Waals surface area contributed by atoms with Gasteiger partial charge in [-0.15, -0.1) is 0 Å². The third kappa shape index (κ3) is 7.61. The Balaban J connectivity index is 2.87. The van der Waals surface area contributed by atoms with E-state index in [1.54, 1.807) is 20.8 Å². The molecule has 1 saturated heterocycles. The van der Waals surface area contributed by atoms with Gasteiger partial charge in [-0.3, -0.25) is 4.79 Å². The minimum Gasteiger partial charge on any atom is -0.444 e. The van der Waals surface area contributed by atoms with E-state index in [1.165, 1.54) is 0 Å². The zero-order valence-corrected chi connectivity index (χ0v) is 17.2. The van der Waals surface area contributed by atoms with Crippen LogP contribution < -0.4 is 10.6 Å². The summed E-state index contributed by atoms with van der Waals surface area (Å²) in [7, 11) is 2.00. The molecule has 0 aromatic carbocycles. The van der Waals surface area contributed by atoms with E-state index in [2.05, 4.69) is 21.6 Å². The van der Waals surface area contributed by atoms with Gasteiger partial charge in [0.05, 0.1) is 6.07 Å². The summed E-state index contributed by atoms with van der Waals surface area (Å²) in [5.74, 6) is -0.336. The molecule has 2 amide bonds. The zero-order chi connectivity index (χ0) is 20.2. The fourth-order valence-electron chi connectivity index (χ4n) is 2.86. The topological polar surface area (TPSA) is 94.5 Å². The molecule has 1 rings (SSSR count). The summed E-state index contributed by atoms with van der Waals surface area (Å²) >= 11 is 0. The number of ether oxygens (including phenoxy) is 1. The summed E-state index contributed by atoms with van der Waals surface area (Å²) in [4.78, 5) is 27.2. The maximum absolute atomic E-state index is 12.9. The highest BCUT2D eigenvalue weighted by Crippen LogP contribution is 2.24. The Kier molecular flexibility index (Phi) is 7.06. The van der Waals surface area contributed by atoms with Crippen molar-refractivity contribution in [3.63, 3.8) is 0 Å². The number of nitriles is 1. The third-order valence-electron chi connectivity index (χ3n) is 4.24. The summed E-state index contributed by atoms with van der Waals surface area (Å²) in [6.45, 7) is 12.8. The van der Waals surface area contributed by atoms with E-state index < -0.39 is 23.3 Å². The molecule has 0 saturated carbocycles. The summed E-state index contributed by atoms with van der Waals surface area (Å²) in [6, 6.07) is 1.52. The van der Waals surface area contributed by atoms with Gasteiger partial charge in [0.15, 0.2) is 0 Å². The maximum atomic E-state index is 12.9. The Morgan fingerprint density at radius 3 is 2.15 bits per heavy atom. The average molecular weight is 367 g/mol. The molecular weight excluding hydrogens is 332 g/mol. The maximum Gasteiger partial charge on any atom is 0.408 e. The lowest BCUT2D eigenvalue weighted by molar-refractivity contribution is -0.125. The Morgan fingerprint density at radius 2 is 1.73 bits per heavy atom. The fraction of sp³-hybridized carbons (Fsp3) is 0.842. The van der Waals surface area contributed by atoms with Gasteiger partial charge in [-0.05, 0) is 52.5 Å². The van der Waals surface area contributed by atoms with Gasteiger partial charge >= 0.3 is 6.09 Å². The van der Waals surface area contributed by atoms with Crippen LogP contribution in [0.25, 0.3) is 0 Å². The van der Waals surface area contributed by atoms with Gasteiger partial charge in [-0.2, -0.15) is 5.26 Å². The molecule has 26 heavy (non-hydrogen) atoms. The fourth-order valence-corrected chi connectivity index (χ4v) is 2.86. The van der Waals surface area contributed by atoms with Crippen LogP contribution in [0.15, 0.2) is 0 Å². The first-order valence-corrected chi connectivity index (χ1v) is 9.17. The van der Waals surface area contributed by atoms with Crippen LogP contribution in [-0.2, 0) is 9.53 Å². The van der Waals surface area contributed by atoms with Gasteiger partial charge in [0.25, 0.3) is 0 Å². The van der Waals surface area contributed by atoms with Crippen molar-refractivity contribution in [2.75, 3.05) is 20.1 Å². The van der Waals surface area contributed by atoms with E-state index in [1.807, 2.05) is 27.8 Å². The first kappa shape index (κ1) is 22.2. The van der Waals surface area contributed by atoms with Crippen molar-refractivity contribution in [2.24, 2.45) is 5.41 Å². The molecular formula is C19H34N4O3. The van der Waals surface area contributed by atoms with Crippen LogP contribution in [0.1, 0.15) is 60.8 Å². The predicted octanol–water partition coefficient (Wildman–Crippen LogP) is 2.42. The van der Waals surface area contributed by atoms with Crippen molar-refractivity contribution >= 4 is 12.0 Å². The van der Waals surface area contributed by atoms with Gasteiger partial charge in [0, 0.05) is 13.1 Å². The summed E-state index contributed by atoms with van der Waals surface area (Å²) in [6.07, 6.45) is 0.955. The predicted molar refractivity (Wildman–Crippen MR) is 100 cm³/mol. The van der Waals surface area contributed by atoms with E-state index in [9.17, 15) is 14.9 Å². The normalized spacial score (nSPS) is 19.2. The zero-order valence-electron chi connectivity index (χ0n) is 17.2. The Morgan fingerprint density at radius 1 is 1.19 bits per heavy atom. The molecule has 2 N–H and O–H groups in total. The van der Waals surface area contributed by atoms with Gasteiger partial charge in [-0.25, -0.2) is 4.79 Å². The highest BCUT2D eigenvalue weighted by molar-refractivity contribution is 5.86. The molecule has 0 aromatic heterocycles. The summed E-state index contributed by atoms with van der Waals surface area (Å²) in [5, 5.41) is 15.2. The number of amides is 2. The van der Waals surface area contributed by atoms with Crippen molar-refractivity contribution < 1.29 is 14.3 Å². The van der Waals surface area contributed by atoms with Crippen molar-refractivity contribution in [3.05, 3.63) is 0 Å². The van der Waals surface area contributed by atoms with Crippen LogP contribution in [0.4, 0.5) is 4.79 Å². The largest absolute Gasteiger partial charge is 0.444 e. The Hall–Kier alpha value is -1.81. The van der Waals surface area contributed by atoms with Gasteiger partial charge < -0.3 is 20.3 Å². The second-order valence-corrected chi connectivity index (χ2v) is 9.45. The molecule has 148 valence electrons. The van der Waals surface area contributed by atoms with Crippen LogP contribution in [0, 0.1) is 16.7 Å². The van der Waals surface area contributed by atoms with E-state index in [0.29, 0.717) is 19.3 Å². The number of likely N-dealkylation sites (tertiary alicyclic amines) is 1. The van der Waals surface area contributed by atoms with Crippen LogP contribution >= 0.6 is 0 Å². The molecule has 7 nitrogen and oxygen atoms in total. The molecule has 1 heterocycles. The lowest BCUT2D eigenvalue weighted by Gasteiger charge is -2.37. The standard InChI is InChI=1S/C19H34N4O3/c1-17(2,3)12-14(21-16(25)26-18(4,5)6)15(24)22-19(13-20)8-10-23(7)11-9-19/h14H,8-12H2,1-7H3,(H,21,25)(H,22,24). The van der Waals surface area contributed by atoms with Crippen molar-refractivity contribution in [3.8, 4) is 6.07 Å². The molecule has 1 atom stereocenters. The highest BCUT2D eigenvalue weighted by Gasteiger charge is 2.38. The number of nitrogens with zero attached hydrogens (tertiary/aromatic N) is 2. The Labute approximate surface area is 157 Å². The average Bonchev–Trinajstić information content (AvgIpc) is 2.46. The molecule has 0 radical (unpaired) electrons. The summed E-state index contributed by atoms with van der Waals surface area (Å²) < 4.78 is 5.29. The molecule has 0 spiro atoms. The van der Waals surface area contributed by atoms with Crippen molar-refractivity contribution in [1.29, 1.82) is 5.26 Å². The molecule has 1 unspecified atom stereocenters. The molecule has 7 heteroatoms. The molecule has 0 bridgehead atoms. The molecule has 1 aliphatic rings. The number of carbonyl (C=O) groups excluding carboxylic acids is 2. The van der Waals surface area contributed by atoms with Gasteiger partial charge in [0.2, 0.25) is 5.91 Å². The van der Waals surface area contributed by atoms with E-state index in [-0.39, 0.29) is 11.3 Å². The molecule has 0 aliphatic carbocycles. The minimum absolute atomic E-state index is 0.177. The second-order valence-electron chi connectivity index (χ2n) is 9.45. The molecule has 1 aliphatic heterocycles. The quantitative estimate of drug-likeness (QED) is 0.797. The number of alkyl carbamates (subject to hydrolysis) is 1. The Bertz CT molecular complexity index is 547. The monoisotopic (exact) mass is 366 g/mol. The highest BCUT2D eigenvalue weighted by atomic mass is 16.6. The molecule has 0 aromatic rings. The minimum atomic E-state index is -0.880. The van der Waals surface area contributed by atoms with Crippen LogP contribution in [-0.4, -0.2) is 54.2 Å². The first-order valence-electron chi connectivity index (χ1n) is 9.17. The van der Waals surface area contributed by atoms with Crippen LogP contribution in [0.3, 0.4) is 0 Å². The number of nitrogens with one attached hydrogen (secondary N) is 2. The smallest absolute Gasteiger partial charge is 0.408 e. The number of hydrogen-bond donors (Lipinski definition) is 2. The van der Waals surface area contributed by atoms with Gasteiger partial charge in [0.1, 0.15) is 17.2 Å². The summed E-state index contributed by atoms with van der Waals surface area (Å²) in [5.41, 5.74) is -1.70. The second kappa shape index (κ2) is 8.26. The number of hydrogen-bond acceptors (Lipinski definition) is 5. The lowest BCUT2D eigenvalue weighted by atomic mass is 9.85. The lowest BCUT2D eigenvalue weighted by Crippen LogP contribution is -2.59. The van der Waals surface area contributed by atoms with E-state index >= 15 is 0 Å². The van der Waals surface area contributed by atoms with Crippen molar-refractivity contribution in [2.45, 2.75) is 78.0 Å². The number of piperidine rings is 1. The SMILES string of the molecule is CN1CCC(C#N)(NC(=O)C(CC(C)(C)C)NC(=O)OC(C)(C)C)CC1. The molecule has 1 fully saturated rings. The van der Waals surface area contributed by atoms with Crippen LogP contribution in [0.2, 0.25) is 0 Å². The first-order chi connectivity index (χ1) is 11.8. The van der Waals surface area contributed by atoms with E-state index in [0.717, 1.165) is 13.1 Å². The third-order valence-corrected chi connectivity index (χ3v) is 4.24.